The van der Waals surface area contributed by atoms with Crippen molar-refractivity contribution < 1.29 is 9.53 Å². The average molecular weight is 251 g/mol. The van der Waals surface area contributed by atoms with Gasteiger partial charge in [-0.15, -0.1) is 0 Å². The molecule has 0 aromatic heterocycles. The van der Waals surface area contributed by atoms with Crippen LogP contribution < -0.4 is 21.1 Å². The van der Waals surface area contributed by atoms with Crippen molar-refractivity contribution in [2.24, 2.45) is 5.73 Å². The molecule has 0 bridgehead atoms. The minimum Gasteiger partial charge on any atom is -0.484 e. The summed E-state index contributed by atoms with van der Waals surface area (Å²) in [7, 11) is 0. The predicted molar refractivity (Wildman–Crippen MR) is 72.8 cm³/mol. The molecule has 0 atom stereocenters. The fourth-order valence-electron chi connectivity index (χ4n) is 1.35. The maximum atomic E-state index is 11.3. The molecule has 0 aliphatic heterocycles. The smallest absolute Gasteiger partial charge is 0.257 e. The molecule has 5 nitrogen and oxygen atoms in total. The molecule has 4 N–H and O–H groups in total. The van der Waals surface area contributed by atoms with Gasteiger partial charge in [-0.3, -0.25) is 4.79 Å². The highest BCUT2D eigenvalue weighted by Crippen LogP contribution is 2.15. The monoisotopic (exact) mass is 251 g/mol. The van der Waals surface area contributed by atoms with E-state index in [9.17, 15) is 4.79 Å². The van der Waals surface area contributed by atoms with Gasteiger partial charge in [0.05, 0.1) is 0 Å². The third-order valence-corrected chi connectivity index (χ3v) is 2.27. The molecule has 0 saturated carbocycles. The molecule has 0 fully saturated rings. The number of hydrogen-bond donors (Lipinski definition) is 3. The van der Waals surface area contributed by atoms with Crippen LogP contribution in [0.15, 0.2) is 24.3 Å². The van der Waals surface area contributed by atoms with E-state index in [-0.39, 0.29) is 12.5 Å². The molecular formula is C13H21N3O2. The largest absolute Gasteiger partial charge is 0.484 e. The van der Waals surface area contributed by atoms with Crippen molar-refractivity contribution >= 4 is 11.6 Å². The van der Waals surface area contributed by atoms with Crippen molar-refractivity contribution in [3.63, 3.8) is 0 Å². The third-order valence-electron chi connectivity index (χ3n) is 2.27. The molecule has 0 saturated heterocycles. The van der Waals surface area contributed by atoms with Crippen molar-refractivity contribution in [3.8, 4) is 5.75 Å². The lowest BCUT2D eigenvalue weighted by Gasteiger charge is -2.08. The van der Waals surface area contributed by atoms with Gasteiger partial charge in [0.25, 0.3) is 5.91 Å². The van der Waals surface area contributed by atoms with Crippen molar-refractivity contribution in [2.75, 3.05) is 31.6 Å². The van der Waals surface area contributed by atoms with Crippen LogP contribution in [-0.4, -0.2) is 32.1 Å². The Morgan fingerprint density at radius 3 is 2.61 bits per heavy atom. The highest BCUT2D eigenvalue weighted by Gasteiger charge is 2.01. The van der Waals surface area contributed by atoms with Crippen LogP contribution in [0.5, 0.6) is 5.75 Å². The minimum atomic E-state index is -0.0952. The number of amides is 1. The summed E-state index contributed by atoms with van der Waals surface area (Å²) in [6, 6.07) is 7.45. The van der Waals surface area contributed by atoms with Crippen LogP contribution in [0.4, 0.5) is 5.69 Å². The summed E-state index contributed by atoms with van der Waals surface area (Å²) in [5.41, 5.74) is 6.38. The van der Waals surface area contributed by atoms with Crippen LogP contribution in [-0.2, 0) is 4.79 Å². The van der Waals surface area contributed by atoms with E-state index in [0.29, 0.717) is 18.8 Å². The van der Waals surface area contributed by atoms with Crippen LogP contribution in [0.3, 0.4) is 0 Å². The highest BCUT2D eigenvalue weighted by molar-refractivity contribution is 5.77. The van der Waals surface area contributed by atoms with E-state index in [0.717, 1.165) is 18.7 Å². The van der Waals surface area contributed by atoms with Gasteiger partial charge in [-0.1, -0.05) is 6.92 Å². The summed E-state index contributed by atoms with van der Waals surface area (Å²) in [6.45, 7) is 4.07. The van der Waals surface area contributed by atoms with Crippen LogP contribution in [0.2, 0.25) is 0 Å². The molecule has 5 heteroatoms. The molecule has 1 rings (SSSR count). The highest BCUT2D eigenvalue weighted by atomic mass is 16.5. The fourth-order valence-corrected chi connectivity index (χ4v) is 1.35. The first-order valence-electron chi connectivity index (χ1n) is 6.19. The van der Waals surface area contributed by atoms with E-state index in [1.807, 2.05) is 31.2 Å². The quantitative estimate of drug-likeness (QED) is 0.643. The van der Waals surface area contributed by atoms with Gasteiger partial charge >= 0.3 is 0 Å². The van der Waals surface area contributed by atoms with Gasteiger partial charge in [0, 0.05) is 25.3 Å². The minimum absolute atomic E-state index is 0.0512. The molecule has 1 aromatic carbocycles. The molecule has 0 aliphatic rings. The number of ether oxygens (including phenoxy) is 1. The SMILES string of the molecule is CCCNC(=O)COc1ccc(NCCN)cc1. The second-order valence-corrected chi connectivity index (χ2v) is 3.88. The molecule has 0 radical (unpaired) electrons. The van der Waals surface area contributed by atoms with Gasteiger partial charge in [-0.2, -0.15) is 0 Å². The Morgan fingerprint density at radius 1 is 1.28 bits per heavy atom. The second-order valence-electron chi connectivity index (χ2n) is 3.88. The zero-order valence-electron chi connectivity index (χ0n) is 10.7. The van der Waals surface area contributed by atoms with Gasteiger partial charge in [-0.25, -0.2) is 0 Å². The first kappa shape index (κ1) is 14.3. The summed E-state index contributed by atoms with van der Waals surface area (Å²) >= 11 is 0. The van der Waals surface area contributed by atoms with E-state index in [4.69, 9.17) is 10.5 Å². The van der Waals surface area contributed by atoms with E-state index in [2.05, 4.69) is 10.6 Å². The molecule has 0 unspecified atom stereocenters. The number of anilines is 1. The van der Waals surface area contributed by atoms with E-state index in [1.165, 1.54) is 0 Å². The summed E-state index contributed by atoms with van der Waals surface area (Å²) in [6.07, 6.45) is 0.924. The first-order chi connectivity index (χ1) is 8.76. The Morgan fingerprint density at radius 2 is 2.00 bits per heavy atom. The first-order valence-corrected chi connectivity index (χ1v) is 6.19. The lowest BCUT2D eigenvalue weighted by molar-refractivity contribution is -0.123. The van der Waals surface area contributed by atoms with Crippen LogP contribution >= 0.6 is 0 Å². The van der Waals surface area contributed by atoms with Gasteiger partial charge < -0.3 is 21.1 Å². The molecule has 1 aromatic rings. The maximum absolute atomic E-state index is 11.3. The van der Waals surface area contributed by atoms with Crippen LogP contribution in [0.1, 0.15) is 13.3 Å². The molecule has 0 heterocycles. The molecular weight excluding hydrogens is 230 g/mol. The molecule has 0 spiro atoms. The number of rotatable bonds is 8. The molecule has 0 aliphatic carbocycles. The zero-order valence-corrected chi connectivity index (χ0v) is 10.7. The number of nitrogens with two attached hydrogens (primary N) is 1. The van der Waals surface area contributed by atoms with Gasteiger partial charge in [-0.05, 0) is 30.7 Å². The standard InChI is InChI=1S/C13H21N3O2/c1-2-8-16-13(17)10-18-12-5-3-11(4-6-12)15-9-7-14/h3-6,15H,2,7-10,14H2,1H3,(H,16,17). The number of nitrogens with one attached hydrogen (secondary N) is 2. The number of hydrogen-bond acceptors (Lipinski definition) is 4. The van der Waals surface area contributed by atoms with Gasteiger partial charge in [0.2, 0.25) is 0 Å². The Balaban J connectivity index is 2.32. The number of carbonyl (C=O) groups excluding carboxylic acids is 1. The van der Waals surface area contributed by atoms with Crippen molar-refractivity contribution in [2.45, 2.75) is 13.3 Å². The molecule has 100 valence electrons. The fraction of sp³-hybridized carbons (Fsp3) is 0.462. The van der Waals surface area contributed by atoms with Crippen molar-refractivity contribution in [1.82, 2.24) is 5.32 Å². The lowest BCUT2D eigenvalue weighted by atomic mass is 10.3. The normalized spacial score (nSPS) is 9.89. The maximum Gasteiger partial charge on any atom is 0.257 e. The Labute approximate surface area is 108 Å². The summed E-state index contributed by atoms with van der Waals surface area (Å²) in [5, 5.41) is 5.91. The summed E-state index contributed by atoms with van der Waals surface area (Å²) in [4.78, 5) is 11.3. The third kappa shape index (κ3) is 5.54. The number of benzene rings is 1. The Hall–Kier alpha value is -1.75. The Kier molecular flexibility index (Phi) is 6.64. The molecule has 18 heavy (non-hydrogen) atoms. The van der Waals surface area contributed by atoms with Gasteiger partial charge in [0.1, 0.15) is 5.75 Å². The number of carbonyl (C=O) groups is 1. The van der Waals surface area contributed by atoms with E-state index < -0.39 is 0 Å². The Bertz CT molecular complexity index is 352. The lowest BCUT2D eigenvalue weighted by Crippen LogP contribution is -2.29. The zero-order chi connectivity index (χ0) is 13.2. The predicted octanol–water partition coefficient (Wildman–Crippen LogP) is 0.962. The van der Waals surface area contributed by atoms with Crippen molar-refractivity contribution in [3.05, 3.63) is 24.3 Å². The van der Waals surface area contributed by atoms with Gasteiger partial charge in [0.15, 0.2) is 6.61 Å². The van der Waals surface area contributed by atoms with Crippen LogP contribution in [0, 0.1) is 0 Å². The molecule has 1 amide bonds. The van der Waals surface area contributed by atoms with Crippen LogP contribution in [0.25, 0.3) is 0 Å². The average Bonchev–Trinajstić information content (AvgIpc) is 2.41. The topological polar surface area (TPSA) is 76.4 Å². The van der Waals surface area contributed by atoms with Crippen molar-refractivity contribution in [1.29, 1.82) is 0 Å². The van der Waals surface area contributed by atoms with E-state index >= 15 is 0 Å². The van der Waals surface area contributed by atoms with E-state index in [1.54, 1.807) is 0 Å². The summed E-state index contributed by atoms with van der Waals surface area (Å²) < 4.78 is 5.36. The second kappa shape index (κ2) is 8.36. The summed E-state index contributed by atoms with van der Waals surface area (Å²) in [5.74, 6) is 0.585.